The number of nitrogens with zero attached hydrogens (tertiary/aromatic N) is 2. The highest BCUT2D eigenvalue weighted by atomic mass is 16.3. The van der Waals surface area contributed by atoms with Crippen LogP contribution in [0.4, 0.5) is 0 Å². The molecule has 5 rings (SSSR count). The average Bonchev–Trinajstić information content (AvgIpc) is 3.32. The van der Waals surface area contributed by atoms with Gasteiger partial charge in [0.2, 0.25) is 0 Å². The second-order valence-corrected chi connectivity index (χ2v) is 8.99. The van der Waals surface area contributed by atoms with E-state index in [1.54, 1.807) is 0 Å². The van der Waals surface area contributed by atoms with Crippen LogP contribution in [0.3, 0.4) is 0 Å². The predicted molar refractivity (Wildman–Crippen MR) is 122 cm³/mol. The monoisotopic (exact) mass is 412 g/mol. The van der Waals surface area contributed by atoms with Crippen LogP contribution in [0.25, 0.3) is 11.1 Å². The number of amides is 1. The predicted octanol–water partition coefficient (Wildman–Crippen LogP) is 4.83. The van der Waals surface area contributed by atoms with Crippen LogP contribution in [0.15, 0.2) is 54.7 Å². The second kappa shape index (κ2) is 7.93. The summed E-state index contributed by atoms with van der Waals surface area (Å²) in [5.74, 6) is 0.0746. The van der Waals surface area contributed by atoms with Crippen molar-refractivity contribution in [3.05, 3.63) is 88.2 Å². The fourth-order valence-corrected chi connectivity index (χ4v) is 5.06. The summed E-state index contributed by atoms with van der Waals surface area (Å²) >= 11 is 0. The summed E-state index contributed by atoms with van der Waals surface area (Å²) in [6.45, 7) is 4.75. The maximum Gasteiger partial charge on any atom is 0.254 e. The molecule has 0 unspecified atom stereocenters. The Morgan fingerprint density at radius 2 is 1.84 bits per heavy atom. The Hall–Kier alpha value is -2.98. The van der Waals surface area contributed by atoms with Crippen LogP contribution in [-0.4, -0.2) is 33.0 Å². The number of hydrogen-bond acceptors (Lipinski definition) is 3. The molecule has 1 amide bonds. The van der Waals surface area contributed by atoms with Gasteiger partial charge < -0.3 is 10.0 Å². The lowest BCUT2D eigenvalue weighted by Crippen LogP contribution is -2.40. The lowest BCUT2D eigenvalue weighted by Gasteiger charge is -2.26. The number of aromatic nitrogens is 1. The van der Waals surface area contributed by atoms with Crippen LogP contribution >= 0.6 is 0 Å². The van der Waals surface area contributed by atoms with E-state index in [9.17, 15) is 9.90 Å². The molecular weight excluding hydrogens is 384 g/mol. The zero-order valence-electron chi connectivity index (χ0n) is 18.1. The zero-order valence-corrected chi connectivity index (χ0v) is 18.1. The Morgan fingerprint density at radius 1 is 1.03 bits per heavy atom. The fraction of sp³-hybridized carbons (Fsp3) is 0.333. The van der Waals surface area contributed by atoms with Crippen molar-refractivity contribution in [2.75, 3.05) is 0 Å². The first-order valence-corrected chi connectivity index (χ1v) is 11.1. The van der Waals surface area contributed by atoms with Crippen LogP contribution in [0.5, 0.6) is 0 Å². The minimum atomic E-state index is -0.387. The number of pyridine rings is 1. The van der Waals surface area contributed by atoms with Gasteiger partial charge >= 0.3 is 0 Å². The number of aryl methyl sites for hydroxylation is 2. The third kappa shape index (κ3) is 3.77. The number of aliphatic hydroxyl groups excluding tert-OH is 1. The first-order valence-electron chi connectivity index (χ1n) is 11.1. The number of aliphatic hydroxyl groups is 1. The van der Waals surface area contributed by atoms with Gasteiger partial charge in [0, 0.05) is 24.0 Å². The molecule has 1 fully saturated rings. The average molecular weight is 413 g/mol. The van der Waals surface area contributed by atoms with Crippen molar-refractivity contribution in [3.63, 3.8) is 0 Å². The summed E-state index contributed by atoms with van der Waals surface area (Å²) in [5, 5.41) is 10.3. The van der Waals surface area contributed by atoms with Gasteiger partial charge in [-0.2, -0.15) is 0 Å². The maximum absolute atomic E-state index is 13.1. The first-order chi connectivity index (χ1) is 15.0. The molecule has 3 aromatic rings. The number of benzene rings is 2. The molecule has 0 spiro atoms. The van der Waals surface area contributed by atoms with Crippen molar-refractivity contribution in [3.8, 4) is 11.1 Å². The smallest absolute Gasteiger partial charge is 0.254 e. The largest absolute Gasteiger partial charge is 0.391 e. The third-order valence-corrected chi connectivity index (χ3v) is 6.82. The molecule has 2 heterocycles. The summed E-state index contributed by atoms with van der Waals surface area (Å²) in [6, 6.07) is 17.0. The van der Waals surface area contributed by atoms with E-state index in [1.165, 1.54) is 27.8 Å². The van der Waals surface area contributed by atoms with Gasteiger partial charge in [-0.15, -0.1) is 0 Å². The van der Waals surface area contributed by atoms with Gasteiger partial charge in [-0.1, -0.05) is 30.3 Å². The van der Waals surface area contributed by atoms with Crippen molar-refractivity contribution in [1.82, 2.24) is 9.88 Å². The number of fused-ring (bicyclic) bond motifs is 1. The van der Waals surface area contributed by atoms with E-state index in [1.807, 2.05) is 24.1 Å². The Kier molecular flexibility index (Phi) is 5.11. The molecule has 1 aromatic heterocycles. The van der Waals surface area contributed by atoms with Gasteiger partial charge in [-0.3, -0.25) is 9.78 Å². The lowest BCUT2D eigenvalue weighted by atomic mass is 9.95. The molecule has 0 radical (unpaired) electrons. The van der Waals surface area contributed by atoms with Gasteiger partial charge in [-0.05, 0) is 91.1 Å². The molecule has 1 saturated carbocycles. The normalized spacial score (nSPS) is 20.4. The molecule has 4 heteroatoms. The molecule has 1 aliphatic carbocycles. The van der Waals surface area contributed by atoms with E-state index in [2.05, 4.69) is 54.4 Å². The molecule has 2 aliphatic rings. The third-order valence-electron chi connectivity index (χ3n) is 6.82. The van der Waals surface area contributed by atoms with Crippen LogP contribution in [0.2, 0.25) is 0 Å². The van der Waals surface area contributed by atoms with E-state index >= 15 is 0 Å². The van der Waals surface area contributed by atoms with E-state index in [-0.39, 0.29) is 18.1 Å². The van der Waals surface area contributed by atoms with Gasteiger partial charge in [0.1, 0.15) is 0 Å². The van der Waals surface area contributed by atoms with E-state index < -0.39 is 0 Å². The minimum absolute atomic E-state index is 0.0342. The van der Waals surface area contributed by atoms with Gasteiger partial charge in [0.25, 0.3) is 5.91 Å². The van der Waals surface area contributed by atoms with E-state index in [0.717, 1.165) is 42.5 Å². The molecule has 158 valence electrons. The highest BCUT2D eigenvalue weighted by Gasteiger charge is 2.38. The van der Waals surface area contributed by atoms with Crippen molar-refractivity contribution in [1.29, 1.82) is 0 Å². The molecular formula is C27H28N2O2. The fourth-order valence-electron chi connectivity index (χ4n) is 5.06. The van der Waals surface area contributed by atoms with E-state index in [4.69, 9.17) is 0 Å². The highest BCUT2D eigenvalue weighted by molar-refractivity contribution is 5.99. The van der Waals surface area contributed by atoms with Crippen LogP contribution in [0, 0.1) is 13.8 Å². The molecule has 4 nitrogen and oxygen atoms in total. The molecule has 2 aromatic carbocycles. The first kappa shape index (κ1) is 20.0. The highest BCUT2D eigenvalue weighted by Crippen LogP contribution is 2.34. The SMILES string of the molecule is Cc1cc(-c2ccc(Cc3cc4c(cc3C)CN([C@@H]3CCC[C@H]3O)C4=O)cc2)ccn1. The maximum atomic E-state index is 13.1. The Morgan fingerprint density at radius 3 is 2.55 bits per heavy atom. The molecule has 0 bridgehead atoms. The van der Waals surface area contributed by atoms with Crippen LogP contribution < -0.4 is 0 Å². The number of hydrogen-bond donors (Lipinski definition) is 1. The topological polar surface area (TPSA) is 53.4 Å². The molecule has 1 N–H and O–H groups in total. The van der Waals surface area contributed by atoms with E-state index in [0.29, 0.717) is 6.54 Å². The number of carbonyl (C=O) groups excluding carboxylic acids is 1. The molecule has 1 aliphatic heterocycles. The minimum Gasteiger partial charge on any atom is -0.391 e. The Bertz CT molecular complexity index is 1140. The Labute approximate surface area is 183 Å². The molecule has 31 heavy (non-hydrogen) atoms. The number of rotatable bonds is 4. The van der Waals surface area contributed by atoms with Gasteiger partial charge in [-0.25, -0.2) is 0 Å². The second-order valence-electron chi connectivity index (χ2n) is 8.99. The standard InChI is InChI=1S/C27H28N2O2/c1-17-12-23-16-29(25-4-3-5-26(25)30)27(31)24(23)15-22(17)14-19-6-8-20(9-7-19)21-10-11-28-18(2)13-21/h6-13,15,25-26,30H,3-5,14,16H2,1-2H3/t25-,26-/m1/s1. The van der Waals surface area contributed by atoms with Crippen LogP contribution in [-0.2, 0) is 13.0 Å². The van der Waals surface area contributed by atoms with Gasteiger partial charge in [0.05, 0.1) is 12.1 Å². The summed E-state index contributed by atoms with van der Waals surface area (Å²) < 4.78 is 0. The molecule has 0 saturated heterocycles. The summed E-state index contributed by atoms with van der Waals surface area (Å²) in [5.41, 5.74) is 8.90. The van der Waals surface area contributed by atoms with Crippen molar-refractivity contribution in [2.45, 2.75) is 58.2 Å². The summed E-state index contributed by atoms with van der Waals surface area (Å²) in [7, 11) is 0. The summed E-state index contributed by atoms with van der Waals surface area (Å²) in [6.07, 6.45) is 4.94. The van der Waals surface area contributed by atoms with Crippen molar-refractivity contribution < 1.29 is 9.90 Å². The quantitative estimate of drug-likeness (QED) is 0.668. The Balaban J connectivity index is 1.37. The van der Waals surface area contributed by atoms with Crippen molar-refractivity contribution in [2.24, 2.45) is 0 Å². The van der Waals surface area contributed by atoms with Crippen molar-refractivity contribution >= 4 is 5.91 Å². The number of carbonyl (C=O) groups is 1. The van der Waals surface area contributed by atoms with Gasteiger partial charge in [0.15, 0.2) is 0 Å². The van der Waals surface area contributed by atoms with Crippen LogP contribution in [0.1, 0.15) is 57.6 Å². The summed E-state index contributed by atoms with van der Waals surface area (Å²) in [4.78, 5) is 19.2. The molecule has 2 atom stereocenters. The zero-order chi connectivity index (χ0) is 21.5. The lowest BCUT2D eigenvalue weighted by molar-refractivity contribution is 0.0479.